The van der Waals surface area contributed by atoms with Crippen LogP contribution in [0.1, 0.15) is 18.5 Å². The Kier molecular flexibility index (Phi) is 5.03. The summed E-state index contributed by atoms with van der Waals surface area (Å²) >= 11 is 6.05. The second-order valence-electron chi connectivity index (χ2n) is 5.80. The molecule has 1 aromatic heterocycles. The molecule has 0 atom stereocenters. The molecule has 6 nitrogen and oxygen atoms in total. The number of hydrogen-bond acceptors (Lipinski definition) is 5. The molecule has 1 aromatic carbocycles. The molecule has 2 aromatic rings. The van der Waals surface area contributed by atoms with Crippen LogP contribution in [0.15, 0.2) is 41.6 Å². The van der Waals surface area contributed by atoms with Crippen LogP contribution in [0.25, 0.3) is 0 Å². The highest BCUT2D eigenvalue weighted by atomic mass is 35.5. The van der Waals surface area contributed by atoms with E-state index in [1.165, 1.54) is 10.6 Å². The van der Waals surface area contributed by atoms with Crippen LogP contribution in [0, 0.1) is 6.92 Å². The number of anilines is 1. The first kappa shape index (κ1) is 17.1. The van der Waals surface area contributed by atoms with Crippen LogP contribution in [0.3, 0.4) is 0 Å². The summed E-state index contributed by atoms with van der Waals surface area (Å²) in [5.41, 5.74) is 0.895. The van der Waals surface area contributed by atoms with Gasteiger partial charge < -0.3 is 5.32 Å². The zero-order valence-electron chi connectivity index (χ0n) is 13.3. The third-order valence-electron chi connectivity index (χ3n) is 4.06. The average Bonchev–Trinajstić information content (AvgIpc) is 2.55. The lowest BCUT2D eigenvalue weighted by molar-refractivity contribution is 0.329. The summed E-state index contributed by atoms with van der Waals surface area (Å²) < 4.78 is 26.9. The second-order valence-corrected chi connectivity index (χ2v) is 8.11. The Hall–Kier alpha value is -1.70. The standard InChI is InChI=1S/C16H19ClN4O2S/c1-12-10-16(19-11-18-12)20-13-6-8-21(9-7-13)24(22,23)15-5-3-2-4-14(15)17/h2-5,10-11,13H,6-9H2,1H3,(H,18,19,20). The van der Waals surface area contributed by atoms with Gasteiger partial charge in [-0.25, -0.2) is 18.4 Å². The molecule has 1 saturated heterocycles. The van der Waals surface area contributed by atoms with Gasteiger partial charge in [0.05, 0.1) is 5.02 Å². The molecule has 1 aliphatic heterocycles. The molecule has 1 fully saturated rings. The summed E-state index contributed by atoms with van der Waals surface area (Å²) in [7, 11) is -3.55. The molecule has 1 aliphatic rings. The third-order valence-corrected chi connectivity index (χ3v) is 6.46. The van der Waals surface area contributed by atoms with Crippen LogP contribution in [0.4, 0.5) is 5.82 Å². The number of halogens is 1. The van der Waals surface area contributed by atoms with E-state index in [1.54, 1.807) is 24.3 Å². The molecule has 0 aliphatic carbocycles. The van der Waals surface area contributed by atoms with E-state index in [2.05, 4.69) is 15.3 Å². The van der Waals surface area contributed by atoms with Crippen molar-refractivity contribution in [2.45, 2.75) is 30.7 Å². The van der Waals surface area contributed by atoms with E-state index < -0.39 is 10.0 Å². The van der Waals surface area contributed by atoms with Crippen LogP contribution in [0.2, 0.25) is 5.02 Å². The van der Waals surface area contributed by atoms with Gasteiger partial charge in [-0.2, -0.15) is 4.31 Å². The van der Waals surface area contributed by atoms with E-state index in [4.69, 9.17) is 11.6 Å². The first-order chi connectivity index (χ1) is 11.5. The fourth-order valence-electron chi connectivity index (χ4n) is 2.78. The maximum Gasteiger partial charge on any atom is 0.244 e. The molecule has 0 radical (unpaired) electrons. The molecule has 128 valence electrons. The van der Waals surface area contributed by atoms with Crippen LogP contribution >= 0.6 is 11.6 Å². The first-order valence-electron chi connectivity index (χ1n) is 7.76. The normalized spacial score (nSPS) is 16.9. The quantitative estimate of drug-likeness (QED) is 0.900. The summed E-state index contributed by atoms with van der Waals surface area (Å²) in [5.74, 6) is 0.773. The topological polar surface area (TPSA) is 75.2 Å². The molecular weight excluding hydrogens is 348 g/mol. The van der Waals surface area contributed by atoms with Crippen molar-refractivity contribution in [1.29, 1.82) is 0 Å². The van der Waals surface area contributed by atoms with Crippen LogP contribution < -0.4 is 5.32 Å². The van der Waals surface area contributed by atoms with Gasteiger partial charge in [0.2, 0.25) is 10.0 Å². The highest BCUT2D eigenvalue weighted by Gasteiger charge is 2.30. The monoisotopic (exact) mass is 366 g/mol. The van der Waals surface area contributed by atoms with Crippen molar-refractivity contribution in [1.82, 2.24) is 14.3 Å². The van der Waals surface area contributed by atoms with Crippen LogP contribution in [0.5, 0.6) is 0 Å². The minimum Gasteiger partial charge on any atom is -0.367 e. The summed E-state index contributed by atoms with van der Waals surface area (Å²) in [6, 6.07) is 8.63. The number of aromatic nitrogens is 2. The number of piperidine rings is 1. The predicted octanol–water partition coefficient (Wildman–Crippen LogP) is 2.70. The fraction of sp³-hybridized carbons (Fsp3) is 0.375. The van der Waals surface area contributed by atoms with Gasteiger partial charge in [0.15, 0.2) is 0 Å². The Morgan fingerprint density at radius 2 is 1.92 bits per heavy atom. The Balaban J connectivity index is 1.66. The predicted molar refractivity (Wildman–Crippen MR) is 93.6 cm³/mol. The second kappa shape index (κ2) is 7.04. The van der Waals surface area contributed by atoms with Gasteiger partial charge in [0.25, 0.3) is 0 Å². The van der Waals surface area contributed by atoms with Crippen molar-refractivity contribution >= 4 is 27.4 Å². The molecule has 0 spiro atoms. The number of nitrogens with zero attached hydrogens (tertiary/aromatic N) is 3. The number of benzene rings is 1. The smallest absolute Gasteiger partial charge is 0.244 e. The number of hydrogen-bond donors (Lipinski definition) is 1. The van der Waals surface area contributed by atoms with Gasteiger partial charge in [-0.1, -0.05) is 23.7 Å². The largest absolute Gasteiger partial charge is 0.367 e. The fourth-order valence-corrected chi connectivity index (χ4v) is 4.74. The summed E-state index contributed by atoms with van der Waals surface area (Å²) in [5, 5.41) is 3.60. The molecule has 0 amide bonds. The number of rotatable bonds is 4. The van der Waals surface area contributed by atoms with Crippen molar-refractivity contribution < 1.29 is 8.42 Å². The lowest BCUT2D eigenvalue weighted by Crippen LogP contribution is -2.42. The zero-order valence-corrected chi connectivity index (χ0v) is 14.9. The maximum absolute atomic E-state index is 12.7. The summed E-state index contributed by atoms with van der Waals surface area (Å²) in [6.45, 7) is 2.82. The highest BCUT2D eigenvalue weighted by molar-refractivity contribution is 7.89. The van der Waals surface area contributed by atoms with Crippen molar-refractivity contribution in [3.05, 3.63) is 47.4 Å². The van der Waals surface area contributed by atoms with E-state index in [1.807, 2.05) is 13.0 Å². The third kappa shape index (κ3) is 3.68. The molecule has 24 heavy (non-hydrogen) atoms. The summed E-state index contributed by atoms with van der Waals surface area (Å²) in [4.78, 5) is 8.43. The van der Waals surface area contributed by atoms with Crippen molar-refractivity contribution in [2.24, 2.45) is 0 Å². The zero-order chi connectivity index (χ0) is 17.2. The van der Waals surface area contributed by atoms with E-state index >= 15 is 0 Å². The van der Waals surface area contributed by atoms with Crippen LogP contribution in [-0.2, 0) is 10.0 Å². The average molecular weight is 367 g/mol. The molecule has 1 N–H and O–H groups in total. The Labute approximate surface area is 146 Å². The first-order valence-corrected chi connectivity index (χ1v) is 9.58. The van der Waals surface area contributed by atoms with Gasteiger partial charge >= 0.3 is 0 Å². The maximum atomic E-state index is 12.7. The van der Waals surface area contributed by atoms with Crippen molar-refractivity contribution in [3.63, 3.8) is 0 Å². The van der Waals surface area contributed by atoms with E-state index in [0.29, 0.717) is 25.9 Å². The molecule has 2 heterocycles. The minimum atomic E-state index is -3.55. The van der Waals surface area contributed by atoms with Crippen molar-refractivity contribution in [3.8, 4) is 0 Å². The SMILES string of the molecule is Cc1cc(NC2CCN(S(=O)(=O)c3ccccc3Cl)CC2)ncn1. The summed E-state index contributed by atoms with van der Waals surface area (Å²) in [6.07, 6.45) is 2.95. The number of sulfonamides is 1. The van der Waals surface area contributed by atoms with E-state index in [9.17, 15) is 8.42 Å². The lowest BCUT2D eigenvalue weighted by atomic mass is 10.1. The molecule has 0 bridgehead atoms. The molecular formula is C16H19ClN4O2S. The Morgan fingerprint density at radius 1 is 1.21 bits per heavy atom. The van der Waals surface area contributed by atoms with Crippen LogP contribution in [-0.4, -0.2) is 41.8 Å². The Bertz CT molecular complexity index is 820. The van der Waals surface area contributed by atoms with E-state index in [0.717, 1.165) is 11.5 Å². The molecule has 3 rings (SSSR count). The van der Waals surface area contributed by atoms with Gasteiger partial charge in [-0.15, -0.1) is 0 Å². The van der Waals surface area contributed by atoms with Crippen molar-refractivity contribution in [2.75, 3.05) is 18.4 Å². The van der Waals surface area contributed by atoms with Gasteiger partial charge in [0.1, 0.15) is 17.0 Å². The van der Waals surface area contributed by atoms with E-state index in [-0.39, 0.29) is 16.0 Å². The number of nitrogens with one attached hydrogen (secondary N) is 1. The molecule has 0 saturated carbocycles. The highest BCUT2D eigenvalue weighted by Crippen LogP contribution is 2.27. The molecule has 8 heteroatoms. The minimum absolute atomic E-state index is 0.171. The lowest BCUT2D eigenvalue weighted by Gasteiger charge is -2.32. The Morgan fingerprint density at radius 3 is 2.58 bits per heavy atom. The van der Waals surface area contributed by atoms with Gasteiger partial charge in [-0.3, -0.25) is 0 Å². The van der Waals surface area contributed by atoms with Gasteiger partial charge in [-0.05, 0) is 31.9 Å². The van der Waals surface area contributed by atoms with Gasteiger partial charge in [0, 0.05) is 30.9 Å². The molecule has 0 unspecified atom stereocenters. The number of aryl methyl sites for hydroxylation is 1.